The predicted octanol–water partition coefficient (Wildman–Crippen LogP) is 0.0386. The topological polar surface area (TPSA) is 157 Å². The molecule has 2 rings (SSSR count). The summed E-state index contributed by atoms with van der Waals surface area (Å²) in [7, 11) is 3.24. The molecule has 1 fully saturated rings. The molecule has 1 aromatic rings. The van der Waals surface area contributed by atoms with Gasteiger partial charge in [0.25, 0.3) is 0 Å². The summed E-state index contributed by atoms with van der Waals surface area (Å²) in [5.74, 6) is -0.887. The lowest BCUT2D eigenvalue weighted by molar-refractivity contribution is -0.133. The number of likely N-dealkylation sites (N-methyl/N-ethyl adjacent to an activating group) is 1. The Bertz CT molecular complexity index is 1060. The summed E-state index contributed by atoms with van der Waals surface area (Å²) >= 11 is 0. The maximum absolute atomic E-state index is 13.0. The molecule has 3 N–H and O–H groups in total. The van der Waals surface area contributed by atoms with Crippen LogP contribution in [0.3, 0.4) is 0 Å². The highest BCUT2D eigenvalue weighted by Gasteiger charge is 2.21. The molecule has 0 bridgehead atoms. The van der Waals surface area contributed by atoms with E-state index < -0.39 is 11.9 Å². The Morgan fingerprint density at radius 3 is 2.48 bits per heavy atom. The van der Waals surface area contributed by atoms with E-state index >= 15 is 0 Å². The van der Waals surface area contributed by atoms with Crippen LogP contribution in [0, 0.1) is 0 Å². The van der Waals surface area contributed by atoms with Crippen LogP contribution in [0.2, 0.25) is 0 Å². The number of piperidine rings is 1. The second-order valence-corrected chi connectivity index (χ2v) is 10.3. The molecule has 0 spiro atoms. The monoisotopic (exact) mass is 588 g/mol. The average Bonchev–Trinajstić information content (AvgIpc) is 2.98. The molecule has 1 unspecified atom stereocenters. The maximum atomic E-state index is 13.0. The van der Waals surface area contributed by atoms with E-state index in [1.165, 1.54) is 18.9 Å². The highest BCUT2D eigenvalue weighted by molar-refractivity contribution is 5.96. The van der Waals surface area contributed by atoms with Gasteiger partial charge in [-0.1, -0.05) is 12.1 Å². The minimum absolute atomic E-state index is 0.173. The Kier molecular flexibility index (Phi) is 15.4. The molecule has 1 atom stereocenters. The Morgan fingerprint density at radius 2 is 1.86 bits per heavy atom. The lowest BCUT2D eigenvalue weighted by atomic mass is 10.0. The normalized spacial score (nSPS) is 14.6. The number of nitrogens with zero attached hydrogens (tertiary/aromatic N) is 3. The van der Waals surface area contributed by atoms with E-state index in [0.29, 0.717) is 36.1 Å². The molecule has 42 heavy (non-hydrogen) atoms. The van der Waals surface area contributed by atoms with Gasteiger partial charge in [-0.05, 0) is 32.4 Å². The number of hydrogen-bond donors (Lipinski definition) is 3. The van der Waals surface area contributed by atoms with E-state index in [9.17, 15) is 28.8 Å². The molecule has 1 aromatic carbocycles. The number of benzene rings is 1. The molecular weight excluding hydrogens is 544 g/mol. The van der Waals surface area contributed by atoms with Crippen molar-refractivity contribution in [3.05, 3.63) is 29.3 Å². The van der Waals surface area contributed by atoms with Crippen molar-refractivity contribution in [2.75, 3.05) is 65.3 Å². The van der Waals surface area contributed by atoms with Gasteiger partial charge >= 0.3 is 0 Å². The quantitative estimate of drug-likeness (QED) is 0.150. The molecule has 232 valence electrons. The third-order valence-electron chi connectivity index (χ3n) is 7.42. The van der Waals surface area contributed by atoms with Gasteiger partial charge in [0.1, 0.15) is 12.6 Å². The molecule has 4 amide bonds. The second-order valence-electron chi connectivity index (χ2n) is 10.3. The van der Waals surface area contributed by atoms with Crippen molar-refractivity contribution >= 4 is 42.4 Å². The third kappa shape index (κ3) is 11.7. The highest BCUT2D eigenvalue weighted by Crippen LogP contribution is 2.22. The summed E-state index contributed by atoms with van der Waals surface area (Å²) in [6, 6.07) is 4.58. The van der Waals surface area contributed by atoms with Gasteiger partial charge in [0, 0.05) is 76.0 Å². The fourth-order valence-electron chi connectivity index (χ4n) is 4.77. The number of carbonyl (C=O) groups is 6. The number of anilines is 1. The molecule has 0 aromatic heterocycles. The Morgan fingerprint density at radius 1 is 1.12 bits per heavy atom. The van der Waals surface area contributed by atoms with Crippen LogP contribution >= 0.6 is 0 Å². The van der Waals surface area contributed by atoms with Crippen molar-refractivity contribution in [2.24, 2.45) is 0 Å². The molecular formula is C29H44N6O7. The van der Waals surface area contributed by atoms with E-state index in [2.05, 4.69) is 20.9 Å². The van der Waals surface area contributed by atoms with Crippen LogP contribution in [0.15, 0.2) is 18.2 Å². The zero-order chi connectivity index (χ0) is 30.9. The fraction of sp³-hybridized carbons (Fsp3) is 0.586. The molecule has 1 saturated heterocycles. The predicted molar refractivity (Wildman–Crippen MR) is 157 cm³/mol. The first-order valence-electron chi connectivity index (χ1n) is 14.2. The number of carbonyl (C=O) groups excluding carboxylic acids is 6. The fourth-order valence-corrected chi connectivity index (χ4v) is 4.77. The van der Waals surface area contributed by atoms with Crippen LogP contribution in [-0.2, 0) is 35.3 Å². The lowest BCUT2D eigenvalue weighted by Gasteiger charge is -2.31. The third-order valence-corrected chi connectivity index (χ3v) is 7.42. The van der Waals surface area contributed by atoms with E-state index in [-0.39, 0.29) is 50.5 Å². The Hall–Kier alpha value is -3.68. The number of ether oxygens (including phenoxy) is 1. The summed E-state index contributed by atoms with van der Waals surface area (Å²) in [5, 5.41) is 8.15. The van der Waals surface area contributed by atoms with Crippen molar-refractivity contribution in [1.29, 1.82) is 0 Å². The molecule has 13 heteroatoms. The van der Waals surface area contributed by atoms with Crippen LogP contribution in [0.5, 0.6) is 0 Å². The Labute approximate surface area is 247 Å². The van der Waals surface area contributed by atoms with Crippen LogP contribution in [0.1, 0.15) is 48.5 Å². The van der Waals surface area contributed by atoms with Gasteiger partial charge in [0.05, 0.1) is 25.8 Å². The average molecular weight is 589 g/mol. The molecule has 0 radical (unpaired) electrons. The van der Waals surface area contributed by atoms with Crippen molar-refractivity contribution in [1.82, 2.24) is 25.3 Å². The van der Waals surface area contributed by atoms with E-state index in [4.69, 9.17) is 4.74 Å². The van der Waals surface area contributed by atoms with E-state index in [1.807, 2.05) is 0 Å². The zero-order valence-corrected chi connectivity index (χ0v) is 24.8. The Balaban J connectivity index is 1.90. The minimum atomic E-state index is -0.565. The molecule has 0 saturated carbocycles. The molecule has 13 nitrogen and oxygen atoms in total. The summed E-state index contributed by atoms with van der Waals surface area (Å²) in [6.07, 6.45) is 4.46. The zero-order valence-electron chi connectivity index (χ0n) is 24.8. The highest BCUT2D eigenvalue weighted by atomic mass is 16.5. The van der Waals surface area contributed by atoms with Gasteiger partial charge < -0.3 is 35.3 Å². The number of rotatable bonds is 19. The summed E-state index contributed by atoms with van der Waals surface area (Å²) in [6.45, 7) is 4.88. The van der Waals surface area contributed by atoms with Gasteiger partial charge in [-0.2, -0.15) is 0 Å². The number of aldehydes is 2. The number of nitrogens with one attached hydrogen (secondary N) is 3. The van der Waals surface area contributed by atoms with Crippen LogP contribution in [-0.4, -0.2) is 124 Å². The van der Waals surface area contributed by atoms with Gasteiger partial charge in [0.2, 0.25) is 24.1 Å². The van der Waals surface area contributed by atoms with Gasteiger partial charge in [-0.3, -0.25) is 28.9 Å². The van der Waals surface area contributed by atoms with Gasteiger partial charge in [0.15, 0.2) is 0 Å². The number of amides is 4. The number of hydrogen-bond acceptors (Lipinski definition) is 9. The number of likely N-dealkylation sites (tertiary alicyclic amines) is 1. The van der Waals surface area contributed by atoms with Crippen molar-refractivity contribution < 1.29 is 33.5 Å². The smallest absolute Gasteiger partial charge is 0.244 e. The first kappa shape index (κ1) is 34.5. The van der Waals surface area contributed by atoms with E-state index in [1.54, 1.807) is 30.1 Å². The summed E-state index contributed by atoms with van der Waals surface area (Å²) < 4.78 is 5.72. The standard InChI is InChI=1S/C29H44N6O7/c1-22(39)35(14-16-42-15-13-34-11-9-24(10-12-34)31-21-38)18-29(41)32-27-6-4-5-23(19-36)26(27)17-33(3)25(20-37)7-8-28(40)30-2/h4-6,19-21,24-25H,7-18H2,1-3H3,(H,30,40)(H,31,38)(H,32,41). The van der Waals surface area contributed by atoms with Crippen molar-refractivity contribution in [3.8, 4) is 0 Å². The second kappa shape index (κ2) is 18.7. The van der Waals surface area contributed by atoms with Crippen molar-refractivity contribution in [2.45, 2.75) is 51.2 Å². The molecule has 1 aliphatic rings. The van der Waals surface area contributed by atoms with Crippen LogP contribution < -0.4 is 16.0 Å². The van der Waals surface area contributed by atoms with Crippen LogP contribution in [0.4, 0.5) is 5.69 Å². The molecule has 1 aliphatic heterocycles. The van der Waals surface area contributed by atoms with Gasteiger partial charge in [-0.15, -0.1) is 0 Å². The first-order chi connectivity index (χ1) is 20.2. The van der Waals surface area contributed by atoms with E-state index in [0.717, 1.165) is 45.2 Å². The van der Waals surface area contributed by atoms with Crippen LogP contribution in [0.25, 0.3) is 0 Å². The summed E-state index contributed by atoms with van der Waals surface area (Å²) in [5.41, 5.74) is 1.29. The molecule has 0 aliphatic carbocycles. The first-order valence-corrected chi connectivity index (χ1v) is 14.2. The SMILES string of the molecule is CNC(=O)CCC(C=O)N(C)Cc1c(C=O)cccc1NC(=O)CN(CCOCCN1CCC(NC=O)CC1)C(C)=O. The van der Waals surface area contributed by atoms with Crippen molar-refractivity contribution in [3.63, 3.8) is 0 Å². The van der Waals surface area contributed by atoms with Gasteiger partial charge in [-0.25, -0.2) is 0 Å². The molecule has 1 heterocycles. The maximum Gasteiger partial charge on any atom is 0.244 e. The lowest BCUT2D eigenvalue weighted by Crippen LogP contribution is -2.43. The summed E-state index contributed by atoms with van der Waals surface area (Å²) in [4.78, 5) is 76.2. The minimum Gasteiger partial charge on any atom is -0.378 e. The largest absolute Gasteiger partial charge is 0.378 e.